The van der Waals surface area contributed by atoms with Crippen molar-refractivity contribution in [3.05, 3.63) is 83.9 Å². The summed E-state index contributed by atoms with van der Waals surface area (Å²) in [6.45, 7) is 0. The molecule has 3 aromatic carbocycles. The van der Waals surface area contributed by atoms with Crippen molar-refractivity contribution >= 4 is 63.6 Å². The molecule has 1 aromatic heterocycles. The van der Waals surface area contributed by atoms with Crippen molar-refractivity contribution in [3.63, 3.8) is 0 Å². The van der Waals surface area contributed by atoms with Gasteiger partial charge in [0.05, 0.1) is 24.6 Å². The van der Waals surface area contributed by atoms with Gasteiger partial charge in [-0.05, 0) is 61.2 Å². The van der Waals surface area contributed by atoms with Crippen molar-refractivity contribution < 1.29 is 33.4 Å². The van der Waals surface area contributed by atoms with Crippen LogP contribution in [0.1, 0.15) is 24.3 Å². The van der Waals surface area contributed by atoms with Gasteiger partial charge >= 0.3 is 0 Å². The van der Waals surface area contributed by atoms with E-state index in [1.54, 1.807) is 42.5 Å². The zero-order valence-corrected chi connectivity index (χ0v) is 26.7. The molecule has 4 aromatic rings. The molecule has 1 saturated carbocycles. The number of anilines is 1. The van der Waals surface area contributed by atoms with Gasteiger partial charge in [-0.1, -0.05) is 35.9 Å². The molecule has 12 heteroatoms. The van der Waals surface area contributed by atoms with Crippen LogP contribution in [-0.2, 0) is 19.2 Å². The number of phenolic OH excluding ortho intramolecular Hbond substituents is 1. The Kier molecular flexibility index (Phi) is 6.43. The van der Waals surface area contributed by atoms with Crippen molar-refractivity contribution in [1.82, 2.24) is 9.88 Å². The van der Waals surface area contributed by atoms with Crippen molar-refractivity contribution in [2.45, 2.75) is 28.5 Å². The fourth-order valence-electron chi connectivity index (χ4n) is 8.03. The molecule has 3 fully saturated rings. The molecule has 6 unspecified atom stereocenters. The van der Waals surface area contributed by atoms with Gasteiger partial charge in [0.2, 0.25) is 17.7 Å². The number of para-hydroxylation sites is 3. The summed E-state index contributed by atoms with van der Waals surface area (Å²) in [5.74, 6) is -5.33. The maximum atomic E-state index is 14.3. The Balaban J connectivity index is 1.19. The third-order valence-corrected chi connectivity index (χ3v) is 11.7. The quantitative estimate of drug-likeness (QED) is 0.173. The lowest BCUT2D eigenvalue weighted by Gasteiger charge is -2.50. The molecule has 4 amide bonds. The van der Waals surface area contributed by atoms with Crippen LogP contribution in [0.5, 0.6) is 11.5 Å². The Labute approximate surface area is 278 Å². The van der Waals surface area contributed by atoms with Crippen LogP contribution in [0.25, 0.3) is 22.6 Å². The predicted octanol–water partition coefficient (Wildman–Crippen LogP) is 5.40. The number of carbonyl (C=O) groups excluding carboxylic acids is 4. The number of benzene rings is 3. The molecule has 2 saturated heterocycles. The van der Waals surface area contributed by atoms with Gasteiger partial charge in [-0.25, -0.2) is 4.98 Å². The summed E-state index contributed by atoms with van der Waals surface area (Å²) < 4.78 is 11.2. The van der Waals surface area contributed by atoms with E-state index in [0.29, 0.717) is 33.8 Å². The van der Waals surface area contributed by atoms with Gasteiger partial charge in [0.25, 0.3) is 11.8 Å². The fourth-order valence-corrected chi connectivity index (χ4v) is 9.04. The Bertz CT molecular complexity index is 2040. The second kappa shape index (κ2) is 10.2. The van der Waals surface area contributed by atoms with E-state index >= 15 is 0 Å². The second-order valence-electron chi connectivity index (χ2n) is 12.4. The minimum atomic E-state index is -2.01. The largest absolute Gasteiger partial charge is 0.504 e. The molecule has 4 aliphatic rings. The van der Waals surface area contributed by atoms with Crippen LogP contribution in [0, 0.1) is 17.8 Å². The van der Waals surface area contributed by atoms with E-state index in [1.165, 1.54) is 19.1 Å². The lowest BCUT2D eigenvalue weighted by atomic mass is 9.56. The second-order valence-corrected chi connectivity index (χ2v) is 13.7. The summed E-state index contributed by atoms with van der Waals surface area (Å²) in [6, 6.07) is 19.0. The monoisotopic (exact) mass is 671 g/mol. The van der Waals surface area contributed by atoms with Crippen LogP contribution < -0.4 is 9.64 Å². The summed E-state index contributed by atoms with van der Waals surface area (Å²) in [4.78, 5) is 58.3. The van der Waals surface area contributed by atoms with E-state index in [-0.39, 0.29) is 35.8 Å². The summed E-state index contributed by atoms with van der Waals surface area (Å²) in [6.07, 6.45) is 1.86. The maximum absolute atomic E-state index is 14.3. The third kappa shape index (κ3) is 3.82. The number of nitrogens with zero attached hydrogens (tertiary/aromatic N) is 3. The lowest BCUT2D eigenvalue weighted by molar-refractivity contribution is -0.138. The average Bonchev–Trinajstić information content (AvgIpc) is 3.66. The summed E-state index contributed by atoms with van der Waals surface area (Å²) in [5, 5.41) is 11.3. The average molecular weight is 673 g/mol. The summed E-state index contributed by atoms with van der Waals surface area (Å²) in [5.41, 5.74) is 3.22. The van der Waals surface area contributed by atoms with Gasteiger partial charge < -0.3 is 14.3 Å². The molecule has 8 rings (SSSR count). The molecular formula is C35H27Cl2N3O7. The van der Waals surface area contributed by atoms with Gasteiger partial charge in [0.1, 0.15) is 5.52 Å². The zero-order valence-electron chi connectivity index (χ0n) is 25.1. The topological polar surface area (TPSA) is 130 Å². The van der Waals surface area contributed by atoms with Gasteiger partial charge in [-0.15, -0.1) is 23.2 Å². The highest BCUT2D eigenvalue weighted by atomic mass is 35.5. The van der Waals surface area contributed by atoms with Crippen LogP contribution >= 0.6 is 23.2 Å². The van der Waals surface area contributed by atoms with Crippen LogP contribution in [-0.4, -0.2) is 62.5 Å². The molecule has 0 bridgehead atoms. The van der Waals surface area contributed by atoms with Gasteiger partial charge in [-0.2, -0.15) is 0 Å². The summed E-state index contributed by atoms with van der Waals surface area (Å²) in [7, 11) is 2.71. The Morgan fingerprint density at radius 1 is 0.936 bits per heavy atom. The highest BCUT2D eigenvalue weighted by Crippen LogP contribution is 2.66. The number of amides is 4. The standard InChI is InChI=1S/C35H27Cl2N3O7/c1-39-32(44)34(36)16-22-19(27(35(34,37)33(39)45)21-6-5-9-25(46-2)28(21)41)14-15-20-26(22)31(43)40(30(20)42)18-12-10-17(11-13-18)29-38-23-7-3-4-8-24(23)47-29/h3-14,20,22,26-27,41H,15-16H2,1-2H3. The number of halogens is 2. The number of imide groups is 2. The molecule has 2 aliphatic heterocycles. The molecule has 3 heterocycles. The van der Waals surface area contributed by atoms with Crippen molar-refractivity contribution in [1.29, 1.82) is 0 Å². The number of rotatable bonds is 4. The van der Waals surface area contributed by atoms with Crippen LogP contribution in [0.15, 0.2) is 82.8 Å². The first kappa shape index (κ1) is 29.7. The van der Waals surface area contributed by atoms with Crippen LogP contribution in [0.4, 0.5) is 5.69 Å². The number of aromatic nitrogens is 1. The molecular weight excluding hydrogens is 645 g/mol. The van der Waals surface area contributed by atoms with E-state index in [1.807, 2.05) is 30.3 Å². The smallest absolute Gasteiger partial charge is 0.253 e. The molecule has 0 spiro atoms. The minimum Gasteiger partial charge on any atom is -0.504 e. The third-order valence-electron chi connectivity index (χ3n) is 10.2. The van der Waals surface area contributed by atoms with Gasteiger partial charge in [0, 0.05) is 24.1 Å². The number of hydrogen-bond acceptors (Lipinski definition) is 8. The van der Waals surface area contributed by atoms with E-state index in [4.69, 9.17) is 32.4 Å². The first-order valence-electron chi connectivity index (χ1n) is 15.1. The van der Waals surface area contributed by atoms with E-state index < -0.39 is 51.1 Å². The van der Waals surface area contributed by atoms with Crippen molar-refractivity contribution in [2.24, 2.45) is 17.8 Å². The van der Waals surface area contributed by atoms with Crippen molar-refractivity contribution in [3.8, 4) is 23.0 Å². The molecule has 47 heavy (non-hydrogen) atoms. The SMILES string of the molecule is COc1cccc(C2C3=CCC4C(=O)N(c5ccc(-c6nc7ccccc7o6)cc5)C(=O)C4C3CC3(Cl)C(=O)N(C)C(=O)C23Cl)c1O. The van der Waals surface area contributed by atoms with Crippen LogP contribution in [0.3, 0.4) is 0 Å². The number of carbonyl (C=O) groups is 4. The van der Waals surface area contributed by atoms with Crippen LogP contribution in [0.2, 0.25) is 0 Å². The fraction of sp³-hybridized carbons (Fsp3) is 0.286. The lowest BCUT2D eigenvalue weighted by Crippen LogP contribution is -2.60. The number of ether oxygens (including phenoxy) is 1. The molecule has 0 radical (unpaired) electrons. The Morgan fingerprint density at radius 3 is 2.40 bits per heavy atom. The maximum Gasteiger partial charge on any atom is 0.253 e. The number of methoxy groups -OCH3 is 1. The highest BCUT2D eigenvalue weighted by Gasteiger charge is 2.76. The number of allylic oxidation sites excluding steroid dienone is 2. The minimum absolute atomic E-state index is 0.143. The number of oxazole rings is 1. The highest BCUT2D eigenvalue weighted by molar-refractivity contribution is 6.53. The molecule has 6 atom stereocenters. The number of alkyl halides is 2. The molecule has 238 valence electrons. The van der Waals surface area contributed by atoms with E-state index in [2.05, 4.69) is 4.98 Å². The first-order chi connectivity index (χ1) is 22.5. The number of likely N-dealkylation sites (tertiary alicyclic amines) is 1. The van der Waals surface area contributed by atoms with E-state index in [0.717, 1.165) is 4.90 Å². The van der Waals surface area contributed by atoms with Gasteiger partial charge in [0.15, 0.2) is 26.8 Å². The van der Waals surface area contributed by atoms with Crippen molar-refractivity contribution in [2.75, 3.05) is 19.1 Å². The normalized spacial score (nSPS) is 30.0. The first-order valence-corrected chi connectivity index (χ1v) is 15.9. The van der Waals surface area contributed by atoms with E-state index in [9.17, 15) is 24.3 Å². The zero-order chi connectivity index (χ0) is 33.0. The summed E-state index contributed by atoms with van der Waals surface area (Å²) >= 11 is 14.4. The Morgan fingerprint density at radius 2 is 1.68 bits per heavy atom. The molecule has 10 nitrogen and oxygen atoms in total. The van der Waals surface area contributed by atoms with Gasteiger partial charge in [-0.3, -0.25) is 29.0 Å². The number of aromatic hydroxyl groups is 1. The number of phenols is 1. The number of hydrogen-bond donors (Lipinski definition) is 1. The molecule has 1 N–H and O–H groups in total. The molecule has 2 aliphatic carbocycles. The number of fused-ring (bicyclic) bond motifs is 5. The predicted molar refractivity (Wildman–Crippen MR) is 172 cm³/mol. The Hall–Kier alpha value is -4.67.